The summed E-state index contributed by atoms with van der Waals surface area (Å²) in [4.78, 5) is 11.6. The van der Waals surface area contributed by atoms with Crippen LogP contribution in [0.25, 0.3) is 0 Å². The quantitative estimate of drug-likeness (QED) is 0.868. The van der Waals surface area contributed by atoms with Crippen molar-refractivity contribution < 1.29 is 13.6 Å². The van der Waals surface area contributed by atoms with Gasteiger partial charge in [0.2, 0.25) is 0 Å². The lowest BCUT2D eigenvalue weighted by Gasteiger charge is -2.09. The number of halogens is 3. The van der Waals surface area contributed by atoms with E-state index in [1.807, 2.05) is 0 Å². The summed E-state index contributed by atoms with van der Waals surface area (Å²) in [5.41, 5.74) is 4.61. The van der Waals surface area contributed by atoms with Gasteiger partial charge in [0.05, 0.1) is 10.0 Å². The molecule has 0 bridgehead atoms. The van der Waals surface area contributed by atoms with Gasteiger partial charge in [-0.15, -0.1) is 0 Å². The smallest absolute Gasteiger partial charge is 0.157 e. The van der Waals surface area contributed by atoms with Crippen molar-refractivity contribution >= 4 is 21.7 Å². The highest BCUT2D eigenvalue weighted by Crippen LogP contribution is 2.35. The molecule has 1 aliphatic carbocycles. The molecule has 5 heteroatoms. The molecule has 0 radical (unpaired) electrons. The standard InChI is InChI=1S/C11H10BrF2NO/c12-7-1-2-8(13)6(10(7)14)5-9(16)11(15)3-4-11/h1-2H,3-5,15H2. The zero-order valence-corrected chi connectivity index (χ0v) is 9.98. The molecule has 0 spiro atoms. The maximum absolute atomic E-state index is 13.6. The molecule has 86 valence electrons. The van der Waals surface area contributed by atoms with Gasteiger partial charge in [0.15, 0.2) is 5.78 Å². The predicted octanol–water partition coefficient (Wildman–Crippen LogP) is 2.33. The van der Waals surface area contributed by atoms with Gasteiger partial charge in [-0.05, 0) is 40.9 Å². The molecule has 0 atom stereocenters. The molecule has 1 fully saturated rings. The van der Waals surface area contributed by atoms with Crippen molar-refractivity contribution in [3.63, 3.8) is 0 Å². The van der Waals surface area contributed by atoms with E-state index in [0.717, 1.165) is 6.07 Å². The minimum absolute atomic E-state index is 0.151. The Balaban J connectivity index is 2.27. The Hall–Kier alpha value is -0.810. The second-order valence-electron chi connectivity index (χ2n) is 4.08. The average Bonchev–Trinajstić information content (AvgIpc) is 2.98. The molecule has 0 unspecified atom stereocenters. The lowest BCUT2D eigenvalue weighted by Crippen LogP contribution is -2.34. The van der Waals surface area contributed by atoms with E-state index in [9.17, 15) is 13.6 Å². The van der Waals surface area contributed by atoms with Crippen LogP contribution < -0.4 is 5.73 Å². The highest BCUT2D eigenvalue weighted by molar-refractivity contribution is 9.10. The number of rotatable bonds is 3. The number of Topliss-reactive ketones (excluding diaryl/α,β-unsaturated/α-hetero) is 1. The Morgan fingerprint density at radius 2 is 2.06 bits per heavy atom. The average molecular weight is 290 g/mol. The third kappa shape index (κ3) is 2.01. The van der Waals surface area contributed by atoms with Gasteiger partial charge in [-0.1, -0.05) is 0 Å². The maximum atomic E-state index is 13.6. The molecule has 0 heterocycles. The Morgan fingerprint density at radius 1 is 1.44 bits per heavy atom. The molecule has 2 N–H and O–H groups in total. The second kappa shape index (κ2) is 3.89. The summed E-state index contributed by atoms with van der Waals surface area (Å²) in [7, 11) is 0. The van der Waals surface area contributed by atoms with Gasteiger partial charge >= 0.3 is 0 Å². The lowest BCUT2D eigenvalue weighted by atomic mass is 10.0. The molecule has 2 rings (SSSR count). The maximum Gasteiger partial charge on any atom is 0.157 e. The zero-order valence-electron chi connectivity index (χ0n) is 8.40. The molecule has 1 aromatic rings. The predicted molar refractivity (Wildman–Crippen MR) is 58.9 cm³/mol. The molecule has 0 aliphatic heterocycles. The van der Waals surface area contributed by atoms with Crippen molar-refractivity contribution in [2.24, 2.45) is 5.73 Å². The van der Waals surface area contributed by atoms with Gasteiger partial charge in [0, 0.05) is 12.0 Å². The minimum atomic E-state index is -0.846. The van der Waals surface area contributed by atoms with Crippen LogP contribution in [0.15, 0.2) is 16.6 Å². The van der Waals surface area contributed by atoms with Crippen molar-refractivity contribution in [3.8, 4) is 0 Å². The number of hydrogen-bond donors (Lipinski definition) is 1. The van der Waals surface area contributed by atoms with Crippen LogP contribution >= 0.6 is 15.9 Å². The Kier molecular flexibility index (Phi) is 2.84. The van der Waals surface area contributed by atoms with E-state index in [-0.39, 0.29) is 22.2 Å². The topological polar surface area (TPSA) is 43.1 Å². The molecular formula is C11H10BrF2NO. The summed E-state index contributed by atoms with van der Waals surface area (Å²) in [6, 6.07) is 2.40. The Morgan fingerprint density at radius 3 is 2.62 bits per heavy atom. The third-order valence-electron chi connectivity index (χ3n) is 2.82. The van der Waals surface area contributed by atoms with Gasteiger partial charge in [-0.2, -0.15) is 0 Å². The fraction of sp³-hybridized carbons (Fsp3) is 0.364. The first-order valence-corrected chi connectivity index (χ1v) is 5.68. The third-order valence-corrected chi connectivity index (χ3v) is 3.43. The fourth-order valence-electron chi connectivity index (χ4n) is 1.48. The molecule has 1 aromatic carbocycles. The van der Waals surface area contributed by atoms with Gasteiger partial charge in [-0.3, -0.25) is 4.79 Å². The van der Waals surface area contributed by atoms with Crippen molar-refractivity contribution in [1.82, 2.24) is 0 Å². The summed E-state index contributed by atoms with van der Waals surface area (Å²) >= 11 is 2.95. The SMILES string of the molecule is NC1(C(=O)Cc2c(F)ccc(Br)c2F)CC1. The van der Waals surface area contributed by atoms with E-state index in [1.54, 1.807) is 0 Å². The van der Waals surface area contributed by atoms with Crippen LogP contribution in [0.1, 0.15) is 18.4 Å². The first kappa shape index (κ1) is 11.7. The zero-order chi connectivity index (χ0) is 11.9. The van der Waals surface area contributed by atoms with Crippen LogP contribution in [0.4, 0.5) is 8.78 Å². The van der Waals surface area contributed by atoms with Crippen LogP contribution in [-0.4, -0.2) is 11.3 Å². The van der Waals surface area contributed by atoms with Crippen molar-refractivity contribution in [1.29, 1.82) is 0 Å². The van der Waals surface area contributed by atoms with Crippen LogP contribution in [-0.2, 0) is 11.2 Å². The largest absolute Gasteiger partial charge is 0.319 e. The normalized spacial score (nSPS) is 17.2. The number of hydrogen-bond acceptors (Lipinski definition) is 2. The number of carbonyl (C=O) groups excluding carboxylic acids is 1. The summed E-state index contributed by atoms with van der Waals surface area (Å²) in [5.74, 6) is -1.74. The molecule has 2 nitrogen and oxygen atoms in total. The monoisotopic (exact) mass is 289 g/mol. The summed E-state index contributed by atoms with van der Waals surface area (Å²) in [5, 5.41) is 0. The van der Waals surface area contributed by atoms with E-state index < -0.39 is 17.2 Å². The summed E-state index contributed by atoms with van der Waals surface area (Å²) in [6.07, 6.45) is 0.916. The lowest BCUT2D eigenvalue weighted by molar-refractivity contribution is -0.120. The van der Waals surface area contributed by atoms with Crippen molar-refractivity contribution in [2.75, 3.05) is 0 Å². The summed E-state index contributed by atoms with van der Waals surface area (Å²) in [6.45, 7) is 0. The van der Waals surface area contributed by atoms with E-state index in [0.29, 0.717) is 12.8 Å². The number of carbonyl (C=O) groups is 1. The van der Waals surface area contributed by atoms with E-state index in [1.165, 1.54) is 6.07 Å². The van der Waals surface area contributed by atoms with Gasteiger partial charge in [0.25, 0.3) is 0 Å². The van der Waals surface area contributed by atoms with Crippen LogP contribution in [0.3, 0.4) is 0 Å². The Bertz CT molecular complexity index is 458. The second-order valence-corrected chi connectivity index (χ2v) is 4.93. The summed E-state index contributed by atoms with van der Waals surface area (Å²) < 4.78 is 27.0. The number of benzene rings is 1. The van der Waals surface area contributed by atoms with Crippen LogP contribution in [0, 0.1) is 11.6 Å². The van der Waals surface area contributed by atoms with Crippen LogP contribution in [0.5, 0.6) is 0 Å². The molecule has 0 saturated heterocycles. The van der Waals surface area contributed by atoms with Crippen LogP contribution in [0.2, 0.25) is 0 Å². The first-order valence-electron chi connectivity index (χ1n) is 4.88. The molecule has 1 aliphatic rings. The molecule has 16 heavy (non-hydrogen) atoms. The fourth-order valence-corrected chi connectivity index (χ4v) is 1.85. The highest BCUT2D eigenvalue weighted by atomic mass is 79.9. The van der Waals surface area contributed by atoms with E-state index in [2.05, 4.69) is 15.9 Å². The molecule has 0 amide bonds. The van der Waals surface area contributed by atoms with Gasteiger partial charge < -0.3 is 5.73 Å². The van der Waals surface area contributed by atoms with E-state index >= 15 is 0 Å². The number of ketones is 1. The highest BCUT2D eigenvalue weighted by Gasteiger charge is 2.45. The first-order chi connectivity index (χ1) is 7.44. The van der Waals surface area contributed by atoms with Crippen molar-refractivity contribution in [2.45, 2.75) is 24.8 Å². The van der Waals surface area contributed by atoms with Gasteiger partial charge in [-0.25, -0.2) is 8.78 Å². The molecule has 1 saturated carbocycles. The number of nitrogens with two attached hydrogens (primary N) is 1. The van der Waals surface area contributed by atoms with Crippen molar-refractivity contribution in [3.05, 3.63) is 33.8 Å². The molecular weight excluding hydrogens is 280 g/mol. The Labute approximate surface area is 100.0 Å². The van der Waals surface area contributed by atoms with E-state index in [4.69, 9.17) is 5.73 Å². The molecule has 0 aromatic heterocycles. The van der Waals surface area contributed by atoms with Gasteiger partial charge in [0.1, 0.15) is 11.6 Å². The minimum Gasteiger partial charge on any atom is -0.319 e.